The van der Waals surface area contributed by atoms with Gasteiger partial charge in [0, 0.05) is 18.8 Å². The molecule has 0 spiro atoms. The van der Waals surface area contributed by atoms with Crippen molar-refractivity contribution in [1.82, 2.24) is 5.32 Å². The van der Waals surface area contributed by atoms with E-state index in [1.165, 1.54) is 12.1 Å². The van der Waals surface area contributed by atoms with Crippen LogP contribution in [0.2, 0.25) is 0 Å². The predicted octanol–water partition coefficient (Wildman–Crippen LogP) is 3.48. The molecule has 1 aliphatic rings. The lowest BCUT2D eigenvalue weighted by atomic mass is 10.1. The number of nitrogens with one attached hydrogen (secondary N) is 2. The summed E-state index contributed by atoms with van der Waals surface area (Å²) >= 11 is 0. The fourth-order valence-electron chi connectivity index (χ4n) is 2.94. The SMILES string of the molecule is O=C(COC(=O)c1ccccc1Nc1ccc(OC(F)F)cc1)NC[C@@H]1CCCO1. The molecule has 30 heavy (non-hydrogen) atoms. The second kappa shape index (κ2) is 10.5. The van der Waals surface area contributed by atoms with Gasteiger partial charge in [0.15, 0.2) is 6.61 Å². The lowest BCUT2D eigenvalue weighted by Crippen LogP contribution is -2.34. The summed E-state index contributed by atoms with van der Waals surface area (Å²) in [5.41, 5.74) is 1.24. The molecule has 2 N–H and O–H groups in total. The maximum atomic E-state index is 12.4. The molecule has 0 unspecified atom stereocenters. The van der Waals surface area contributed by atoms with Crippen molar-refractivity contribution in [2.75, 3.05) is 25.1 Å². The Morgan fingerprint density at radius 3 is 2.60 bits per heavy atom. The summed E-state index contributed by atoms with van der Waals surface area (Å²) in [6.07, 6.45) is 1.88. The molecule has 1 aliphatic heterocycles. The number of alkyl halides is 2. The van der Waals surface area contributed by atoms with Crippen molar-refractivity contribution >= 4 is 23.3 Å². The summed E-state index contributed by atoms with van der Waals surface area (Å²) < 4.78 is 39.3. The third-order valence-corrected chi connectivity index (χ3v) is 4.39. The van der Waals surface area contributed by atoms with Gasteiger partial charge in [0.25, 0.3) is 5.91 Å². The lowest BCUT2D eigenvalue weighted by Gasteiger charge is -2.13. The molecule has 1 heterocycles. The molecule has 0 aliphatic carbocycles. The molecule has 9 heteroatoms. The number of ether oxygens (including phenoxy) is 3. The number of carbonyl (C=O) groups excluding carboxylic acids is 2. The minimum atomic E-state index is -2.90. The van der Waals surface area contributed by atoms with E-state index in [0.717, 1.165) is 12.8 Å². The van der Waals surface area contributed by atoms with E-state index in [0.29, 0.717) is 24.5 Å². The zero-order valence-electron chi connectivity index (χ0n) is 16.1. The summed E-state index contributed by atoms with van der Waals surface area (Å²) in [7, 11) is 0. The van der Waals surface area contributed by atoms with Gasteiger partial charge < -0.3 is 24.8 Å². The standard InChI is InChI=1S/C21H22F2N2O5/c22-21(23)30-15-9-7-14(8-10-15)25-18-6-2-1-5-17(18)20(27)29-13-19(26)24-12-16-4-3-11-28-16/h1-2,5-10,16,21,25H,3-4,11-13H2,(H,24,26)/t16-/m0/s1. The van der Waals surface area contributed by atoms with Gasteiger partial charge in [-0.2, -0.15) is 8.78 Å². The molecule has 0 saturated carbocycles. The molecule has 0 radical (unpaired) electrons. The van der Waals surface area contributed by atoms with Gasteiger partial charge in [-0.15, -0.1) is 0 Å². The molecule has 0 aromatic heterocycles. The molecule has 2 aromatic rings. The summed E-state index contributed by atoms with van der Waals surface area (Å²) in [6, 6.07) is 12.5. The Kier molecular flexibility index (Phi) is 7.56. The molecule has 2 aromatic carbocycles. The van der Waals surface area contributed by atoms with Gasteiger partial charge in [0.05, 0.1) is 17.4 Å². The summed E-state index contributed by atoms with van der Waals surface area (Å²) in [4.78, 5) is 24.3. The molecule has 1 amide bonds. The first kappa shape index (κ1) is 21.5. The fourth-order valence-corrected chi connectivity index (χ4v) is 2.94. The van der Waals surface area contributed by atoms with Crippen molar-refractivity contribution in [1.29, 1.82) is 0 Å². The van der Waals surface area contributed by atoms with Gasteiger partial charge in [0.2, 0.25) is 0 Å². The molecule has 1 fully saturated rings. The third-order valence-electron chi connectivity index (χ3n) is 4.39. The van der Waals surface area contributed by atoms with E-state index in [2.05, 4.69) is 15.4 Å². The number of anilines is 2. The van der Waals surface area contributed by atoms with Crippen LogP contribution in [0.3, 0.4) is 0 Å². The number of para-hydroxylation sites is 1. The Bertz CT molecular complexity index is 855. The molecule has 3 rings (SSSR count). The van der Waals surface area contributed by atoms with Crippen LogP contribution in [0.15, 0.2) is 48.5 Å². The topological polar surface area (TPSA) is 85.9 Å². The molecular formula is C21H22F2N2O5. The number of benzene rings is 2. The van der Waals surface area contributed by atoms with Gasteiger partial charge >= 0.3 is 12.6 Å². The normalized spacial score (nSPS) is 15.6. The average Bonchev–Trinajstić information content (AvgIpc) is 3.26. The number of hydrogen-bond donors (Lipinski definition) is 2. The Hall–Kier alpha value is -3.20. The van der Waals surface area contributed by atoms with Crippen LogP contribution in [0.4, 0.5) is 20.2 Å². The highest BCUT2D eigenvalue weighted by molar-refractivity contribution is 5.97. The number of rotatable bonds is 9. The summed E-state index contributed by atoms with van der Waals surface area (Å²) in [5, 5.41) is 5.71. The quantitative estimate of drug-likeness (QED) is 0.604. The van der Waals surface area contributed by atoms with Crippen molar-refractivity contribution in [3.8, 4) is 5.75 Å². The second-order valence-corrected chi connectivity index (χ2v) is 6.59. The highest BCUT2D eigenvalue weighted by Gasteiger charge is 2.18. The van der Waals surface area contributed by atoms with Crippen LogP contribution >= 0.6 is 0 Å². The predicted molar refractivity (Wildman–Crippen MR) is 105 cm³/mol. The Balaban J connectivity index is 1.54. The van der Waals surface area contributed by atoms with Crippen LogP contribution in [0.1, 0.15) is 23.2 Å². The van der Waals surface area contributed by atoms with Gasteiger partial charge in [-0.05, 0) is 49.2 Å². The zero-order valence-corrected chi connectivity index (χ0v) is 16.1. The summed E-state index contributed by atoms with van der Waals surface area (Å²) in [6.45, 7) is -2.22. The first-order valence-electron chi connectivity index (χ1n) is 9.47. The van der Waals surface area contributed by atoms with E-state index in [1.54, 1.807) is 36.4 Å². The monoisotopic (exact) mass is 420 g/mol. The van der Waals surface area contributed by atoms with Crippen molar-refractivity contribution in [2.45, 2.75) is 25.6 Å². The molecular weight excluding hydrogens is 398 g/mol. The maximum Gasteiger partial charge on any atom is 0.387 e. The fraction of sp³-hybridized carbons (Fsp3) is 0.333. The van der Waals surface area contributed by atoms with Gasteiger partial charge in [-0.1, -0.05) is 12.1 Å². The summed E-state index contributed by atoms with van der Waals surface area (Å²) in [5.74, 6) is -1.04. The van der Waals surface area contributed by atoms with Gasteiger partial charge in [0.1, 0.15) is 5.75 Å². The Morgan fingerprint density at radius 1 is 1.13 bits per heavy atom. The van der Waals surface area contributed by atoms with Crippen molar-refractivity contribution in [3.63, 3.8) is 0 Å². The molecule has 1 atom stereocenters. The van der Waals surface area contributed by atoms with Gasteiger partial charge in [-0.25, -0.2) is 4.79 Å². The highest BCUT2D eigenvalue weighted by Crippen LogP contribution is 2.24. The third kappa shape index (κ3) is 6.41. The van der Waals surface area contributed by atoms with Crippen LogP contribution in [0, 0.1) is 0 Å². The maximum absolute atomic E-state index is 12.4. The number of halogens is 2. The lowest BCUT2D eigenvalue weighted by molar-refractivity contribution is -0.124. The minimum absolute atomic E-state index is 0.00654. The van der Waals surface area contributed by atoms with Crippen molar-refractivity contribution in [2.24, 2.45) is 0 Å². The first-order chi connectivity index (χ1) is 14.5. The second-order valence-electron chi connectivity index (χ2n) is 6.59. The Labute approximate surface area is 172 Å². The molecule has 0 bridgehead atoms. The van der Waals surface area contributed by atoms with Crippen LogP contribution in [-0.2, 0) is 14.3 Å². The number of carbonyl (C=O) groups is 2. The van der Waals surface area contributed by atoms with Gasteiger partial charge in [-0.3, -0.25) is 4.79 Å². The van der Waals surface area contributed by atoms with Crippen LogP contribution < -0.4 is 15.4 Å². The number of amides is 1. The van der Waals surface area contributed by atoms with E-state index in [4.69, 9.17) is 9.47 Å². The van der Waals surface area contributed by atoms with Crippen LogP contribution in [0.5, 0.6) is 5.75 Å². The van der Waals surface area contributed by atoms with Crippen LogP contribution in [0.25, 0.3) is 0 Å². The minimum Gasteiger partial charge on any atom is -0.452 e. The average molecular weight is 420 g/mol. The van der Waals surface area contributed by atoms with Crippen molar-refractivity contribution < 1.29 is 32.6 Å². The first-order valence-corrected chi connectivity index (χ1v) is 9.47. The van der Waals surface area contributed by atoms with Crippen molar-refractivity contribution in [3.05, 3.63) is 54.1 Å². The number of hydrogen-bond acceptors (Lipinski definition) is 6. The smallest absolute Gasteiger partial charge is 0.387 e. The molecule has 1 saturated heterocycles. The van der Waals surface area contributed by atoms with E-state index < -0.39 is 25.1 Å². The van der Waals surface area contributed by atoms with E-state index in [-0.39, 0.29) is 17.4 Å². The van der Waals surface area contributed by atoms with E-state index in [1.807, 2.05) is 0 Å². The Morgan fingerprint density at radius 2 is 1.90 bits per heavy atom. The molecule has 7 nitrogen and oxygen atoms in total. The molecule has 160 valence electrons. The highest BCUT2D eigenvalue weighted by atomic mass is 19.3. The number of esters is 1. The zero-order chi connectivity index (χ0) is 21.3. The van der Waals surface area contributed by atoms with Crippen LogP contribution in [-0.4, -0.2) is 44.4 Å². The largest absolute Gasteiger partial charge is 0.452 e. The van der Waals surface area contributed by atoms with E-state index >= 15 is 0 Å². The van der Waals surface area contributed by atoms with E-state index in [9.17, 15) is 18.4 Å².